The number of aromatic amines is 1. The minimum Gasteiger partial charge on any atom is -0.459 e. The first kappa shape index (κ1) is 12.1. The van der Waals surface area contributed by atoms with Crippen LogP contribution in [0.4, 0.5) is 0 Å². The highest BCUT2D eigenvalue weighted by molar-refractivity contribution is 7.07. The lowest BCUT2D eigenvalue weighted by Crippen LogP contribution is -1.94. The molecule has 0 amide bonds. The van der Waals surface area contributed by atoms with E-state index in [0.29, 0.717) is 5.56 Å². The molecule has 1 aromatic heterocycles. The molecule has 0 fully saturated rings. The monoisotopic (exact) mass is 259 g/mol. The van der Waals surface area contributed by atoms with E-state index in [1.807, 2.05) is 12.1 Å². The molecule has 1 aromatic carbocycles. The molecule has 0 saturated carbocycles. The van der Waals surface area contributed by atoms with E-state index in [1.54, 1.807) is 17.5 Å². The molecule has 0 aliphatic carbocycles. The number of hydrogen-bond donors (Lipinski definition) is 1. The van der Waals surface area contributed by atoms with Crippen molar-refractivity contribution < 1.29 is 9.53 Å². The Morgan fingerprint density at radius 1 is 1.33 bits per heavy atom. The molecular weight excluding hydrogens is 250 g/mol. The van der Waals surface area contributed by atoms with Crippen molar-refractivity contribution in [3.63, 3.8) is 0 Å². The predicted octanol–water partition coefficient (Wildman–Crippen LogP) is 1.63. The van der Waals surface area contributed by atoms with Crippen LogP contribution in [-0.4, -0.2) is 18.1 Å². The van der Waals surface area contributed by atoms with Crippen LogP contribution in [0.2, 0.25) is 0 Å². The Bertz CT molecular complexity index is 670. The van der Waals surface area contributed by atoms with Crippen LogP contribution in [-0.2, 0) is 9.53 Å². The molecular formula is C13H9NO3S. The van der Waals surface area contributed by atoms with E-state index < -0.39 is 5.97 Å². The fourth-order valence-electron chi connectivity index (χ4n) is 1.33. The molecule has 0 aliphatic rings. The second-order valence-electron chi connectivity index (χ2n) is 3.38. The van der Waals surface area contributed by atoms with Crippen molar-refractivity contribution in [1.82, 2.24) is 4.98 Å². The summed E-state index contributed by atoms with van der Waals surface area (Å²) in [6.45, 7) is 0. The number of esters is 1. The Morgan fingerprint density at radius 3 is 2.61 bits per heavy atom. The number of carbonyl (C=O) groups excluding carboxylic acids is 1. The van der Waals surface area contributed by atoms with E-state index in [2.05, 4.69) is 21.6 Å². The second kappa shape index (κ2) is 5.34. The van der Waals surface area contributed by atoms with E-state index in [9.17, 15) is 9.59 Å². The molecule has 0 saturated heterocycles. The summed E-state index contributed by atoms with van der Waals surface area (Å²) < 4.78 is 4.42. The Kier molecular flexibility index (Phi) is 3.60. The van der Waals surface area contributed by atoms with Crippen LogP contribution >= 0.6 is 11.3 Å². The van der Waals surface area contributed by atoms with Crippen LogP contribution in [0.1, 0.15) is 5.56 Å². The number of carbonyl (C=O) groups is 1. The molecule has 90 valence electrons. The molecule has 0 unspecified atom stereocenters. The lowest BCUT2D eigenvalue weighted by Gasteiger charge is -1.96. The van der Waals surface area contributed by atoms with E-state index >= 15 is 0 Å². The summed E-state index contributed by atoms with van der Waals surface area (Å²) in [6.07, 6.45) is 0. The standard InChI is InChI=1S/C13H9NO3S/c1-17-12(15)7-4-9-2-5-10(6-3-9)11-8-18-13(16)14-11/h2-3,5-6,8H,1H3,(H,14,16). The van der Waals surface area contributed by atoms with Gasteiger partial charge in [-0.15, -0.1) is 0 Å². The summed E-state index contributed by atoms with van der Waals surface area (Å²) >= 11 is 1.12. The third-order valence-corrected chi connectivity index (χ3v) is 2.88. The van der Waals surface area contributed by atoms with Crippen molar-refractivity contribution >= 4 is 17.3 Å². The van der Waals surface area contributed by atoms with Gasteiger partial charge in [-0.2, -0.15) is 0 Å². The molecule has 1 heterocycles. The van der Waals surface area contributed by atoms with Gasteiger partial charge in [0.25, 0.3) is 0 Å². The Balaban J connectivity index is 2.22. The fourth-order valence-corrected chi connectivity index (χ4v) is 1.92. The van der Waals surface area contributed by atoms with Gasteiger partial charge in [-0.05, 0) is 17.7 Å². The lowest BCUT2D eigenvalue weighted by molar-refractivity contribution is -0.133. The average molecular weight is 259 g/mol. The number of methoxy groups -OCH3 is 1. The summed E-state index contributed by atoms with van der Waals surface area (Å²) in [6, 6.07) is 7.22. The number of H-pyrrole nitrogens is 1. The number of thiazole rings is 1. The second-order valence-corrected chi connectivity index (χ2v) is 4.22. The summed E-state index contributed by atoms with van der Waals surface area (Å²) in [5.74, 6) is 4.46. The maximum Gasteiger partial charge on any atom is 0.384 e. The van der Waals surface area contributed by atoms with E-state index in [0.717, 1.165) is 22.6 Å². The van der Waals surface area contributed by atoms with Crippen molar-refractivity contribution in [2.75, 3.05) is 7.11 Å². The topological polar surface area (TPSA) is 59.2 Å². The molecule has 2 rings (SSSR count). The molecule has 2 aromatic rings. The molecule has 0 radical (unpaired) electrons. The highest BCUT2D eigenvalue weighted by atomic mass is 32.1. The number of ether oxygens (including phenoxy) is 1. The van der Waals surface area contributed by atoms with Crippen molar-refractivity contribution in [2.45, 2.75) is 0 Å². The zero-order chi connectivity index (χ0) is 13.0. The zero-order valence-electron chi connectivity index (χ0n) is 9.52. The number of hydrogen-bond acceptors (Lipinski definition) is 4. The van der Waals surface area contributed by atoms with Gasteiger partial charge in [0.15, 0.2) is 0 Å². The molecule has 18 heavy (non-hydrogen) atoms. The average Bonchev–Trinajstić information content (AvgIpc) is 2.83. The lowest BCUT2D eigenvalue weighted by atomic mass is 10.1. The molecule has 0 aliphatic heterocycles. The van der Waals surface area contributed by atoms with E-state index in [4.69, 9.17) is 0 Å². The summed E-state index contributed by atoms with van der Waals surface area (Å²) in [5.41, 5.74) is 2.39. The van der Waals surface area contributed by atoms with Crippen LogP contribution in [0.25, 0.3) is 11.3 Å². The molecule has 4 nitrogen and oxygen atoms in total. The van der Waals surface area contributed by atoms with Crippen LogP contribution in [0, 0.1) is 11.8 Å². The molecule has 0 bridgehead atoms. The third-order valence-electron chi connectivity index (χ3n) is 2.21. The third kappa shape index (κ3) is 2.87. The van der Waals surface area contributed by atoms with Crippen molar-refractivity contribution in [1.29, 1.82) is 0 Å². The first-order valence-electron chi connectivity index (χ1n) is 5.07. The minimum atomic E-state index is -0.568. The number of nitrogens with one attached hydrogen (secondary N) is 1. The van der Waals surface area contributed by atoms with Gasteiger partial charge in [-0.3, -0.25) is 4.79 Å². The number of benzene rings is 1. The van der Waals surface area contributed by atoms with Crippen molar-refractivity contribution in [3.8, 4) is 23.1 Å². The summed E-state index contributed by atoms with van der Waals surface area (Å²) in [5, 5.41) is 1.76. The molecule has 5 heteroatoms. The Labute approximate surface area is 107 Å². The van der Waals surface area contributed by atoms with Crippen LogP contribution in [0.3, 0.4) is 0 Å². The van der Waals surface area contributed by atoms with Crippen LogP contribution < -0.4 is 4.87 Å². The van der Waals surface area contributed by atoms with Gasteiger partial charge in [-0.1, -0.05) is 29.4 Å². The van der Waals surface area contributed by atoms with Gasteiger partial charge >= 0.3 is 10.8 Å². The van der Waals surface area contributed by atoms with E-state index in [-0.39, 0.29) is 4.87 Å². The number of rotatable bonds is 1. The Morgan fingerprint density at radius 2 is 2.06 bits per heavy atom. The van der Waals surface area contributed by atoms with Gasteiger partial charge in [-0.25, -0.2) is 4.79 Å². The van der Waals surface area contributed by atoms with E-state index in [1.165, 1.54) is 7.11 Å². The quantitative estimate of drug-likeness (QED) is 0.625. The molecule has 1 N–H and O–H groups in total. The smallest absolute Gasteiger partial charge is 0.384 e. The highest BCUT2D eigenvalue weighted by Crippen LogP contribution is 2.17. The van der Waals surface area contributed by atoms with Gasteiger partial charge in [0.05, 0.1) is 12.8 Å². The van der Waals surface area contributed by atoms with Crippen LogP contribution in [0.15, 0.2) is 34.4 Å². The Hall–Kier alpha value is -2.32. The van der Waals surface area contributed by atoms with Crippen molar-refractivity contribution in [2.24, 2.45) is 0 Å². The normalized spacial score (nSPS) is 9.39. The maximum absolute atomic E-state index is 11.0. The van der Waals surface area contributed by atoms with Gasteiger partial charge < -0.3 is 9.72 Å². The largest absolute Gasteiger partial charge is 0.459 e. The van der Waals surface area contributed by atoms with Gasteiger partial charge in [0.1, 0.15) is 0 Å². The SMILES string of the molecule is COC(=O)C#Cc1ccc(-c2csc(=O)[nH]2)cc1. The number of aromatic nitrogens is 1. The van der Waals surface area contributed by atoms with Crippen LogP contribution in [0.5, 0.6) is 0 Å². The minimum absolute atomic E-state index is 0.0837. The first-order valence-corrected chi connectivity index (χ1v) is 5.95. The molecule has 0 atom stereocenters. The molecule has 0 spiro atoms. The maximum atomic E-state index is 11.0. The van der Waals surface area contributed by atoms with Crippen molar-refractivity contribution in [3.05, 3.63) is 44.9 Å². The summed E-state index contributed by atoms with van der Waals surface area (Å²) in [7, 11) is 1.28. The summed E-state index contributed by atoms with van der Waals surface area (Å²) in [4.78, 5) is 24.5. The zero-order valence-corrected chi connectivity index (χ0v) is 10.3. The fraction of sp³-hybridized carbons (Fsp3) is 0.0769. The predicted molar refractivity (Wildman–Crippen MR) is 69.3 cm³/mol. The highest BCUT2D eigenvalue weighted by Gasteiger charge is 2.00. The van der Waals surface area contributed by atoms with Gasteiger partial charge in [0.2, 0.25) is 0 Å². The van der Waals surface area contributed by atoms with Gasteiger partial charge in [0, 0.05) is 16.9 Å². The first-order chi connectivity index (χ1) is 8.69.